The van der Waals surface area contributed by atoms with Crippen molar-refractivity contribution >= 4 is 17.4 Å². The first kappa shape index (κ1) is 18.1. The average molecular weight is 355 g/mol. The van der Waals surface area contributed by atoms with Gasteiger partial charge in [0.25, 0.3) is 0 Å². The molecule has 2 aromatic carbocycles. The lowest BCUT2D eigenvalue weighted by molar-refractivity contribution is 0.114. The average Bonchev–Trinajstić information content (AvgIpc) is 2.65. The molecular weight excluding hydrogens is 330 g/mol. The van der Waals surface area contributed by atoms with E-state index < -0.39 is 0 Å². The maximum absolute atomic E-state index is 12.2. The van der Waals surface area contributed by atoms with Crippen LogP contribution in [0.3, 0.4) is 0 Å². The van der Waals surface area contributed by atoms with Crippen molar-refractivity contribution in [3.8, 4) is 11.5 Å². The highest BCUT2D eigenvalue weighted by Crippen LogP contribution is 2.24. The van der Waals surface area contributed by atoms with Crippen molar-refractivity contribution in [1.29, 1.82) is 0 Å². The summed E-state index contributed by atoms with van der Waals surface area (Å²) in [6, 6.07) is 14.4. The van der Waals surface area contributed by atoms with E-state index in [4.69, 9.17) is 9.47 Å². The van der Waals surface area contributed by atoms with Crippen molar-refractivity contribution in [3.63, 3.8) is 0 Å². The lowest BCUT2D eigenvalue weighted by atomic mass is 10.1. The number of nitrogens with one attached hydrogen (secondary N) is 2. The normalized spacial score (nSPS) is 15.3. The van der Waals surface area contributed by atoms with Gasteiger partial charge in [-0.15, -0.1) is 0 Å². The van der Waals surface area contributed by atoms with Crippen molar-refractivity contribution in [2.75, 3.05) is 37.9 Å². The quantitative estimate of drug-likeness (QED) is 0.856. The van der Waals surface area contributed by atoms with E-state index in [1.54, 1.807) is 19.2 Å². The van der Waals surface area contributed by atoms with E-state index in [9.17, 15) is 4.79 Å². The van der Waals surface area contributed by atoms with E-state index >= 15 is 0 Å². The monoisotopic (exact) mass is 355 g/mol. The largest absolute Gasteiger partial charge is 0.495 e. The van der Waals surface area contributed by atoms with E-state index in [0.717, 1.165) is 31.7 Å². The number of para-hydroxylation sites is 2. The fraction of sp³-hybridized carbons (Fsp3) is 0.350. The second-order valence-electron chi connectivity index (χ2n) is 6.42. The third-order valence-electron chi connectivity index (χ3n) is 4.44. The topological polar surface area (TPSA) is 62.8 Å². The predicted molar refractivity (Wildman–Crippen MR) is 103 cm³/mol. The van der Waals surface area contributed by atoms with Gasteiger partial charge < -0.3 is 25.0 Å². The van der Waals surface area contributed by atoms with Crippen LogP contribution in [-0.2, 0) is 0 Å². The van der Waals surface area contributed by atoms with Crippen molar-refractivity contribution in [1.82, 2.24) is 4.90 Å². The van der Waals surface area contributed by atoms with Crippen LogP contribution < -0.4 is 20.1 Å². The van der Waals surface area contributed by atoms with Gasteiger partial charge in [-0.1, -0.05) is 12.1 Å². The van der Waals surface area contributed by atoms with Gasteiger partial charge in [0.05, 0.1) is 12.8 Å². The molecule has 0 atom stereocenters. The van der Waals surface area contributed by atoms with Gasteiger partial charge in [-0.05, 0) is 56.3 Å². The van der Waals surface area contributed by atoms with E-state index in [1.165, 1.54) is 0 Å². The first-order valence-electron chi connectivity index (χ1n) is 8.80. The number of ether oxygens (including phenoxy) is 2. The summed E-state index contributed by atoms with van der Waals surface area (Å²) in [4.78, 5) is 14.5. The minimum Gasteiger partial charge on any atom is -0.495 e. The van der Waals surface area contributed by atoms with Crippen LogP contribution in [0, 0.1) is 0 Å². The number of hydrogen-bond donors (Lipinski definition) is 2. The fourth-order valence-corrected chi connectivity index (χ4v) is 2.94. The highest BCUT2D eigenvalue weighted by molar-refractivity contribution is 6.00. The SMILES string of the molecule is COc1ccccc1NC(=O)Nc1ccc(OC2CCN(C)CC2)cc1. The van der Waals surface area contributed by atoms with Gasteiger partial charge in [-0.25, -0.2) is 4.79 Å². The summed E-state index contributed by atoms with van der Waals surface area (Å²) in [7, 11) is 3.70. The molecule has 6 heteroatoms. The molecule has 1 saturated heterocycles. The molecule has 1 heterocycles. The van der Waals surface area contributed by atoms with E-state index in [1.807, 2.05) is 36.4 Å². The van der Waals surface area contributed by atoms with Gasteiger partial charge >= 0.3 is 6.03 Å². The van der Waals surface area contributed by atoms with Gasteiger partial charge in [0.2, 0.25) is 0 Å². The summed E-state index contributed by atoms with van der Waals surface area (Å²) in [5.74, 6) is 1.44. The Morgan fingerprint density at radius 2 is 1.73 bits per heavy atom. The number of benzene rings is 2. The van der Waals surface area contributed by atoms with Crippen LogP contribution in [0.15, 0.2) is 48.5 Å². The maximum Gasteiger partial charge on any atom is 0.323 e. The second-order valence-corrected chi connectivity index (χ2v) is 6.42. The van der Waals surface area contributed by atoms with Gasteiger partial charge in [0, 0.05) is 18.8 Å². The summed E-state index contributed by atoms with van der Waals surface area (Å²) in [5, 5.41) is 5.59. The number of urea groups is 1. The Balaban J connectivity index is 1.53. The third kappa shape index (κ3) is 4.89. The zero-order valence-corrected chi connectivity index (χ0v) is 15.2. The number of rotatable bonds is 5. The Hall–Kier alpha value is -2.73. The molecular formula is C20H25N3O3. The number of piperidine rings is 1. The van der Waals surface area contributed by atoms with Crippen LogP contribution in [-0.4, -0.2) is 44.3 Å². The first-order valence-corrected chi connectivity index (χ1v) is 8.80. The number of amides is 2. The van der Waals surface area contributed by atoms with E-state index in [2.05, 4.69) is 22.6 Å². The Labute approximate surface area is 154 Å². The predicted octanol–water partition coefficient (Wildman–Crippen LogP) is 3.81. The molecule has 138 valence electrons. The molecule has 0 spiro atoms. The molecule has 0 aliphatic carbocycles. The minimum atomic E-state index is -0.321. The zero-order chi connectivity index (χ0) is 18.4. The summed E-state index contributed by atoms with van der Waals surface area (Å²) < 4.78 is 11.2. The number of hydrogen-bond acceptors (Lipinski definition) is 4. The molecule has 2 amide bonds. The second kappa shape index (κ2) is 8.58. The summed E-state index contributed by atoms with van der Waals surface area (Å²) in [6.45, 7) is 2.13. The molecule has 26 heavy (non-hydrogen) atoms. The van der Waals surface area contributed by atoms with Gasteiger partial charge in [-0.2, -0.15) is 0 Å². The Bertz CT molecular complexity index is 725. The van der Waals surface area contributed by atoms with Crippen molar-refractivity contribution < 1.29 is 14.3 Å². The lowest BCUT2D eigenvalue weighted by Gasteiger charge is -2.29. The van der Waals surface area contributed by atoms with Crippen LogP contribution in [0.2, 0.25) is 0 Å². The van der Waals surface area contributed by atoms with Gasteiger partial charge in [-0.3, -0.25) is 0 Å². The van der Waals surface area contributed by atoms with Crippen LogP contribution in [0.25, 0.3) is 0 Å². The van der Waals surface area contributed by atoms with Gasteiger partial charge in [0.1, 0.15) is 17.6 Å². The molecule has 0 bridgehead atoms. The number of carbonyl (C=O) groups is 1. The molecule has 1 aliphatic rings. The van der Waals surface area contributed by atoms with Crippen LogP contribution in [0.4, 0.5) is 16.2 Å². The van der Waals surface area contributed by atoms with Gasteiger partial charge in [0.15, 0.2) is 0 Å². The van der Waals surface area contributed by atoms with Crippen LogP contribution in [0.5, 0.6) is 11.5 Å². The van der Waals surface area contributed by atoms with Crippen molar-refractivity contribution in [3.05, 3.63) is 48.5 Å². The molecule has 2 aromatic rings. The number of methoxy groups -OCH3 is 1. The Morgan fingerprint density at radius 3 is 2.42 bits per heavy atom. The molecule has 2 N–H and O–H groups in total. The van der Waals surface area contributed by atoms with Crippen molar-refractivity contribution in [2.24, 2.45) is 0 Å². The maximum atomic E-state index is 12.2. The summed E-state index contributed by atoms with van der Waals surface area (Å²) in [6.07, 6.45) is 2.34. The smallest absolute Gasteiger partial charge is 0.323 e. The molecule has 3 rings (SSSR count). The standard InChI is InChI=1S/C20H25N3O3/c1-23-13-11-17(12-14-23)26-16-9-7-15(8-10-16)21-20(24)22-18-5-3-4-6-19(18)25-2/h3-10,17H,11-14H2,1-2H3,(H2,21,22,24). The molecule has 0 radical (unpaired) electrons. The molecule has 0 unspecified atom stereocenters. The lowest BCUT2D eigenvalue weighted by Crippen LogP contribution is -2.35. The molecule has 1 aliphatic heterocycles. The summed E-state index contributed by atoms with van der Waals surface area (Å²) in [5.41, 5.74) is 1.32. The highest BCUT2D eigenvalue weighted by atomic mass is 16.5. The van der Waals surface area contributed by atoms with Crippen molar-refractivity contribution in [2.45, 2.75) is 18.9 Å². The van der Waals surface area contributed by atoms with Crippen LogP contribution >= 0.6 is 0 Å². The molecule has 6 nitrogen and oxygen atoms in total. The van der Waals surface area contributed by atoms with E-state index in [0.29, 0.717) is 17.1 Å². The number of nitrogens with zero attached hydrogens (tertiary/aromatic N) is 1. The number of carbonyl (C=O) groups excluding carboxylic acids is 1. The zero-order valence-electron chi connectivity index (χ0n) is 15.2. The molecule has 0 aromatic heterocycles. The highest BCUT2D eigenvalue weighted by Gasteiger charge is 2.17. The third-order valence-corrected chi connectivity index (χ3v) is 4.44. The fourth-order valence-electron chi connectivity index (χ4n) is 2.94. The Kier molecular flexibility index (Phi) is 5.96. The molecule has 0 saturated carbocycles. The van der Waals surface area contributed by atoms with Crippen LogP contribution in [0.1, 0.15) is 12.8 Å². The summed E-state index contributed by atoms with van der Waals surface area (Å²) >= 11 is 0. The van der Waals surface area contributed by atoms with E-state index in [-0.39, 0.29) is 12.1 Å². The number of likely N-dealkylation sites (tertiary alicyclic amines) is 1. The number of anilines is 2. The molecule has 1 fully saturated rings. The Morgan fingerprint density at radius 1 is 1.04 bits per heavy atom. The first-order chi connectivity index (χ1) is 12.6. The minimum absolute atomic E-state index is 0.263.